The molecule has 1 unspecified atom stereocenters. The van der Waals surface area contributed by atoms with Gasteiger partial charge in [0.2, 0.25) is 0 Å². The summed E-state index contributed by atoms with van der Waals surface area (Å²) in [5.41, 5.74) is 1.66. The van der Waals surface area contributed by atoms with Crippen LogP contribution in [0.25, 0.3) is 11.4 Å². The molecule has 2 heterocycles. The molecular formula is C16H21N5O2. The topological polar surface area (TPSA) is 83.3 Å². The molecule has 0 aliphatic carbocycles. The van der Waals surface area contributed by atoms with Gasteiger partial charge in [0.1, 0.15) is 6.33 Å². The SMILES string of the molecule is Cn1cnnc1-c1ccc(NC(=O)N2CCCCC2CO)cc1. The second-order valence-corrected chi connectivity index (χ2v) is 5.80. The van der Waals surface area contributed by atoms with Gasteiger partial charge in [0.15, 0.2) is 5.82 Å². The maximum Gasteiger partial charge on any atom is 0.322 e. The molecule has 7 nitrogen and oxygen atoms in total. The first-order chi connectivity index (χ1) is 11.2. The number of anilines is 1. The van der Waals surface area contributed by atoms with Crippen LogP contribution in [0.15, 0.2) is 30.6 Å². The van der Waals surface area contributed by atoms with Crippen LogP contribution in [0.1, 0.15) is 19.3 Å². The summed E-state index contributed by atoms with van der Waals surface area (Å²) >= 11 is 0. The van der Waals surface area contributed by atoms with E-state index in [1.807, 2.05) is 35.9 Å². The lowest BCUT2D eigenvalue weighted by molar-refractivity contribution is 0.115. The number of aromatic nitrogens is 3. The fourth-order valence-electron chi connectivity index (χ4n) is 2.90. The number of aliphatic hydroxyl groups is 1. The minimum absolute atomic E-state index is 0.0124. The Hall–Kier alpha value is -2.41. The van der Waals surface area contributed by atoms with Crippen LogP contribution in [-0.4, -0.2) is 50.0 Å². The summed E-state index contributed by atoms with van der Waals surface area (Å²) in [6.45, 7) is 0.701. The van der Waals surface area contributed by atoms with Crippen LogP contribution >= 0.6 is 0 Å². The highest BCUT2D eigenvalue weighted by Crippen LogP contribution is 2.21. The molecule has 1 atom stereocenters. The summed E-state index contributed by atoms with van der Waals surface area (Å²) in [6.07, 6.45) is 4.54. The average molecular weight is 315 g/mol. The van der Waals surface area contributed by atoms with Crippen LogP contribution in [0.3, 0.4) is 0 Å². The first-order valence-corrected chi connectivity index (χ1v) is 7.82. The molecular weight excluding hydrogens is 294 g/mol. The third-order valence-corrected chi connectivity index (χ3v) is 4.20. The predicted octanol–water partition coefficient (Wildman–Crippen LogP) is 1.86. The maximum absolute atomic E-state index is 12.4. The van der Waals surface area contributed by atoms with Crippen molar-refractivity contribution in [3.05, 3.63) is 30.6 Å². The molecule has 23 heavy (non-hydrogen) atoms. The largest absolute Gasteiger partial charge is 0.394 e. The van der Waals surface area contributed by atoms with E-state index in [0.717, 1.165) is 36.3 Å². The van der Waals surface area contributed by atoms with Gasteiger partial charge in [-0.05, 0) is 43.5 Å². The summed E-state index contributed by atoms with van der Waals surface area (Å²) in [5.74, 6) is 0.777. The molecule has 122 valence electrons. The van der Waals surface area contributed by atoms with Crippen molar-refractivity contribution >= 4 is 11.7 Å². The van der Waals surface area contributed by atoms with Gasteiger partial charge in [-0.25, -0.2) is 4.79 Å². The lowest BCUT2D eigenvalue weighted by atomic mass is 10.0. The fraction of sp³-hybridized carbons (Fsp3) is 0.438. The maximum atomic E-state index is 12.4. The van der Waals surface area contributed by atoms with E-state index in [0.29, 0.717) is 6.54 Å². The van der Waals surface area contributed by atoms with Crippen molar-refractivity contribution in [3.63, 3.8) is 0 Å². The molecule has 0 bridgehead atoms. The third-order valence-electron chi connectivity index (χ3n) is 4.20. The second kappa shape index (κ2) is 6.78. The number of aryl methyl sites for hydroxylation is 1. The van der Waals surface area contributed by atoms with Gasteiger partial charge in [-0.1, -0.05) is 0 Å². The molecule has 1 fully saturated rings. The van der Waals surface area contributed by atoms with Crippen LogP contribution in [-0.2, 0) is 7.05 Å². The van der Waals surface area contributed by atoms with E-state index in [4.69, 9.17) is 0 Å². The highest BCUT2D eigenvalue weighted by molar-refractivity contribution is 5.89. The summed E-state index contributed by atoms with van der Waals surface area (Å²) in [6, 6.07) is 7.26. The number of aliphatic hydroxyl groups excluding tert-OH is 1. The number of nitrogens with one attached hydrogen (secondary N) is 1. The van der Waals surface area contributed by atoms with E-state index >= 15 is 0 Å². The summed E-state index contributed by atoms with van der Waals surface area (Å²) in [5, 5.41) is 20.2. The summed E-state index contributed by atoms with van der Waals surface area (Å²) in [4.78, 5) is 14.1. The van der Waals surface area contributed by atoms with E-state index < -0.39 is 0 Å². The molecule has 7 heteroatoms. The summed E-state index contributed by atoms with van der Waals surface area (Å²) < 4.78 is 1.84. The summed E-state index contributed by atoms with van der Waals surface area (Å²) in [7, 11) is 1.89. The first-order valence-electron chi connectivity index (χ1n) is 7.82. The standard InChI is InChI=1S/C16H21N5O2/c1-20-11-17-19-15(20)12-5-7-13(8-6-12)18-16(23)21-9-3-2-4-14(21)10-22/h5-8,11,14,22H,2-4,9-10H2,1H3,(H,18,23). The molecule has 0 saturated carbocycles. The number of urea groups is 1. The van der Waals surface area contributed by atoms with Crippen molar-refractivity contribution in [1.82, 2.24) is 19.7 Å². The number of piperidine rings is 1. The normalized spacial score (nSPS) is 18.0. The van der Waals surface area contributed by atoms with Crippen molar-refractivity contribution < 1.29 is 9.90 Å². The fourth-order valence-corrected chi connectivity index (χ4v) is 2.90. The van der Waals surface area contributed by atoms with E-state index in [2.05, 4.69) is 15.5 Å². The Balaban J connectivity index is 1.68. The predicted molar refractivity (Wildman–Crippen MR) is 86.9 cm³/mol. The molecule has 0 spiro atoms. The highest BCUT2D eigenvalue weighted by atomic mass is 16.3. The zero-order valence-corrected chi connectivity index (χ0v) is 13.1. The highest BCUT2D eigenvalue weighted by Gasteiger charge is 2.25. The second-order valence-electron chi connectivity index (χ2n) is 5.80. The van der Waals surface area contributed by atoms with Crippen molar-refractivity contribution in [2.75, 3.05) is 18.5 Å². The number of benzene rings is 1. The molecule has 2 aromatic rings. The van der Waals surface area contributed by atoms with Crippen LogP contribution < -0.4 is 5.32 Å². The van der Waals surface area contributed by atoms with Gasteiger partial charge < -0.3 is 19.9 Å². The van der Waals surface area contributed by atoms with Crippen molar-refractivity contribution in [2.24, 2.45) is 7.05 Å². The Labute approximate surface area is 134 Å². The van der Waals surface area contributed by atoms with Gasteiger partial charge in [0, 0.05) is 24.8 Å². The van der Waals surface area contributed by atoms with Gasteiger partial charge in [-0.3, -0.25) is 0 Å². The number of rotatable bonds is 3. The molecule has 1 aliphatic rings. The Morgan fingerprint density at radius 2 is 2.13 bits per heavy atom. The monoisotopic (exact) mass is 315 g/mol. The van der Waals surface area contributed by atoms with Gasteiger partial charge in [-0.15, -0.1) is 10.2 Å². The van der Waals surface area contributed by atoms with Crippen molar-refractivity contribution in [1.29, 1.82) is 0 Å². The number of carbonyl (C=O) groups is 1. The van der Waals surface area contributed by atoms with E-state index in [1.165, 1.54) is 0 Å². The van der Waals surface area contributed by atoms with Crippen molar-refractivity contribution in [2.45, 2.75) is 25.3 Å². The Bertz CT molecular complexity index is 667. The minimum Gasteiger partial charge on any atom is -0.394 e. The average Bonchev–Trinajstić information content (AvgIpc) is 3.01. The quantitative estimate of drug-likeness (QED) is 0.905. The van der Waals surface area contributed by atoms with E-state index in [1.54, 1.807) is 11.2 Å². The zero-order valence-electron chi connectivity index (χ0n) is 13.1. The van der Waals surface area contributed by atoms with Crippen LogP contribution in [0.2, 0.25) is 0 Å². The van der Waals surface area contributed by atoms with Gasteiger partial charge in [0.25, 0.3) is 0 Å². The minimum atomic E-state index is -0.157. The molecule has 0 radical (unpaired) electrons. The molecule has 3 rings (SSSR count). The number of hydrogen-bond acceptors (Lipinski definition) is 4. The van der Waals surface area contributed by atoms with E-state index in [9.17, 15) is 9.90 Å². The van der Waals surface area contributed by atoms with Gasteiger partial charge in [-0.2, -0.15) is 0 Å². The smallest absolute Gasteiger partial charge is 0.322 e. The number of nitrogens with zero attached hydrogens (tertiary/aromatic N) is 4. The number of likely N-dealkylation sites (tertiary alicyclic amines) is 1. The number of hydrogen-bond donors (Lipinski definition) is 2. The molecule has 2 amide bonds. The Morgan fingerprint density at radius 3 is 2.78 bits per heavy atom. The van der Waals surface area contributed by atoms with Gasteiger partial charge in [0.05, 0.1) is 12.6 Å². The number of amides is 2. The van der Waals surface area contributed by atoms with E-state index in [-0.39, 0.29) is 18.7 Å². The van der Waals surface area contributed by atoms with Crippen molar-refractivity contribution in [3.8, 4) is 11.4 Å². The third kappa shape index (κ3) is 3.34. The lowest BCUT2D eigenvalue weighted by Gasteiger charge is -2.34. The molecule has 1 aromatic carbocycles. The molecule has 2 N–H and O–H groups in total. The van der Waals surface area contributed by atoms with Crippen LogP contribution in [0.5, 0.6) is 0 Å². The van der Waals surface area contributed by atoms with Gasteiger partial charge >= 0.3 is 6.03 Å². The molecule has 1 aliphatic heterocycles. The lowest BCUT2D eigenvalue weighted by Crippen LogP contribution is -2.47. The molecule has 1 aromatic heterocycles. The Kier molecular flexibility index (Phi) is 4.57. The molecule has 1 saturated heterocycles. The number of carbonyl (C=O) groups excluding carboxylic acids is 1. The first kappa shape index (κ1) is 15.5. The zero-order chi connectivity index (χ0) is 16.2. The Morgan fingerprint density at radius 1 is 1.35 bits per heavy atom. The van der Waals surface area contributed by atoms with Crippen LogP contribution in [0.4, 0.5) is 10.5 Å². The van der Waals surface area contributed by atoms with Crippen LogP contribution in [0, 0.1) is 0 Å².